The summed E-state index contributed by atoms with van der Waals surface area (Å²) < 4.78 is 0. The molecular formula is C9H14N4O2S. The van der Waals surface area contributed by atoms with E-state index in [0.717, 1.165) is 0 Å². The lowest BCUT2D eigenvalue weighted by Crippen LogP contribution is -2.20. The lowest BCUT2D eigenvalue weighted by Gasteiger charge is -2.14. The van der Waals surface area contributed by atoms with Crippen molar-refractivity contribution in [3.63, 3.8) is 0 Å². The van der Waals surface area contributed by atoms with Gasteiger partial charge < -0.3 is 16.6 Å². The number of carbonyl (C=O) groups is 1. The minimum absolute atomic E-state index is 0.154. The molecule has 0 amide bonds. The molecule has 1 aromatic rings. The molecule has 2 atom stereocenters. The molecule has 2 unspecified atom stereocenters. The second-order valence-electron chi connectivity index (χ2n) is 3.45. The second-order valence-corrected chi connectivity index (χ2v) is 4.79. The first-order valence-electron chi connectivity index (χ1n) is 4.69. The van der Waals surface area contributed by atoms with Crippen molar-refractivity contribution in [2.45, 2.75) is 24.3 Å². The monoisotopic (exact) mass is 242 g/mol. The number of nitrogens with two attached hydrogens (primary N) is 2. The summed E-state index contributed by atoms with van der Waals surface area (Å²) in [5.41, 5.74) is 11.0. The molecule has 0 fully saturated rings. The van der Waals surface area contributed by atoms with E-state index in [1.54, 1.807) is 13.8 Å². The molecule has 0 aromatic carbocycles. The molecule has 0 spiro atoms. The van der Waals surface area contributed by atoms with E-state index in [-0.39, 0.29) is 16.9 Å². The average molecular weight is 242 g/mol. The maximum atomic E-state index is 10.8. The van der Waals surface area contributed by atoms with Crippen LogP contribution < -0.4 is 11.5 Å². The number of rotatable bonds is 4. The molecular weight excluding hydrogens is 228 g/mol. The van der Waals surface area contributed by atoms with Crippen molar-refractivity contribution >= 4 is 29.4 Å². The second kappa shape index (κ2) is 5.02. The molecule has 88 valence electrons. The highest BCUT2D eigenvalue weighted by Gasteiger charge is 2.21. The first kappa shape index (κ1) is 12.6. The van der Waals surface area contributed by atoms with Crippen LogP contribution in [0.4, 0.5) is 11.6 Å². The third-order valence-corrected chi connectivity index (χ3v) is 3.30. The fourth-order valence-corrected chi connectivity index (χ4v) is 1.95. The van der Waals surface area contributed by atoms with Gasteiger partial charge in [0.2, 0.25) is 0 Å². The predicted molar refractivity (Wildman–Crippen MR) is 63.0 cm³/mol. The van der Waals surface area contributed by atoms with Gasteiger partial charge in [0.1, 0.15) is 11.6 Å². The zero-order valence-corrected chi connectivity index (χ0v) is 9.86. The Morgan fingerprint density at radius 1 is 1.38 bits per heavy atom. The number of thioether (sulfide) groups is 1. The lowest BCUT2D eigenvalue weighted by atomic mass is 10.1. The summed E-state index contributed by atoms with van der Waals surface area (Å²) in [6.45, 7) is 3.43. The molecule has 7 heteroatoms. The fourth-order valence-electron chi connectivity index (χ4n) is 0.984. The van der Waals surface area contributed by atoms with Crippen LogP contribution >= 0.6 is 11.8 Å². The number of aromatic nitrogens is 2. The average Bonchev–Trinajstić information content (AvgIpc) is 2.14. The summed E-state index contributed by atoms with van der Waals surface area (Å²) in [6, 6.07) is 1.45. The van der Waals surface area contributed by atoms with E-state index >= 15 is 0 Å². The minimum Gasteiger partial charge on any atom is -0.481 e. The number of hydrogen-bond acceptors (Lipinski definition) is 6. The van der Waals surface area contributed by atoms with Crippen molar-refractivity contribution < 1.29 is 9.90 Å². The Bertz CT molecular complexity index is 379. The molecule has 0 radical (unpaired) electrons. The highest BCUT2D eigenvalue weighted by molar-refractivity contribution is 7.99. The maximum Gasteiger partial charge on any atom is 0.307 e. The Kier molecular flexibility index (Phi) is 3.94. The number of anilines is 2. The van der Waals surface area contributed by atoms with Crippen molar-refractivity contribution in [3.05, 3.63) is 6.07 Å². The largest absolute Gasteiger partial charge is 0.481 e. The minimum atomic E-state index is -0.850. The number of nitrogens with zero attached hydrogens (tertiary/aromatic N) is 2. The van der Waals surface area contributed by atoms with Crippen LogP contribution in [0.1, 0.15) is 13.8 Å². The normalized spacial score (nSPS) is 14.4. The molecule has 6 nitrogen and oxygen atoms in total. The van der Waals surface area contributed by atoms with Gasteiger partial charge in [-0.2, -0.15) is 0 Å². The van der Waals surface area contributed by atoms with Crippen molar-refractivity contribution in [1.82, 2.24) is 9.97 Å². The highest BCUT2D eigenvalue weighted by Crippen LogP contribution is 2.26. The Balaban J connectivity index is 2.76. The van der Waals surface area contributed by atoms with Gasteiger partial charge in [0, 0.05) is 11.3 Å². The van der Waals surface area contributed by atoms with Gasteiger partial charge in [0.25, 0.3) is 0 Å². The van der Waals surface area contributed by atoms with Gasteiger partial charge in [-0.1, -0.05) is 25.6 Å². The van der Waals surface area contributed by atoms with Crippen molar-refractivity contribution in [2.24, 2.45) is 5.92 Å². The number of nitrogen functional groups attached to an aromatic ring is 2. The van der Waals surface area contributed by atoms with Crippen molar-refractivity contribution in [2.75, 3.05) is 11.5 Å². The zero-order chi connectivity index (χ0) is 12.3. The first-order chi connectivity index (χ1) is 7.40. The molecule has 16 heavy (non-hydrogen) atoms. The molecule has 0 aliphatic carbocycles. The van der Waals surface area contributed by atoms with Crippen LogP contribution in [0.5, 0.6) is 0 Å². The molecule has 1 aromatic heterocycles. The molecule has 1 heterocycles. The summed E-state index contributed by atoms with van der Waals surface area (Å²) in [7, 11) is 0. The number of aliphatic carboxylic acids is 1. The van der Waals surface area contributed by atoms with Crippen molar-refractivity contribution in [1.29, 1.82) is 0 Å². The van der Waals surface area contributed by atoms with Gasteiger partial charge in [0.15, 0.2) is 5.16 Å². The van der Waals surface area contributed by atoms with E-state index in [2.05, 4.69) is 9.97 Å². The molecule has 0 aliphatic rings. The SMILES string of the molecule is CC(Sc1nc(N)cc(N)n1)C(C)C(=O)O. The van der Waals surface area contributed by atoms with E-state index in [0.29, 0.717) is 5.16 Å². The highest BCUT2D eigenvalue weighted by atomic mass is 32.2. The van der Waals surface area contributed by atoms with Crippen LogP contribution in [-0.2, 0) is 4.79 Å². The quantitative estimate of drug-likeness (QED) is 0.529. The Morgan fingerprint density at radius 2 is 1.88 bits per heavy atom. The molecule has 1 rings (SSSR count). The summed E-state index contributed by atoms with van der Waals surface area (Å²) >= 11 is 1.25. The van der Waals surface area contributed by atoms with Gasteiger partial charge in [-0.3, -0.25) is 4.79 Å². The number of carboxylic acids is 1. The van der Waals surface area contributed by atoms with E-state index in [4.69, 9.17) is 16.6 Å². The van der Waals surface area contributed by atoms with Crippen LogP contribution in [0.2, 0.25) is 0 Å². The Labute approximate surface area is 97.5 Å². The van der Waals surface area contributed by atoms with E-state index < -0.39 is 11.9 Å². The van der Waals surface area contributed by atoms with Crippen LogP contribution in [0, 0.1) is 5.92 Å². The van der Waals surface area contributed by atoms with Crippen LogP contribution in [-0.4, -0.2) is 26.3 Å². The van der Waals surface area contributed by atoms with E-state index in [1.165, 1.54) is 17.8 Å². The van der Waals surface area contributed by atoms with E-state index in [9.17, 15) is 4.79 Å². The van der Waals surface area contributed by atoms with E-state index in [1.807, 2.05) is 0 Å². The molecule has 5 N–H and O–H groups in total. The van der Waals surface area contributed by atoms with Gasteiger partial charge in [-0.25, -0.2) is 9.97 Å². The summed E-state index contributed by atoms with van der Waals surface area (Å²) in [6.07, 6.45) is 0. The Morgan fingerprint density at radius 3 is 2.31 bits per heavy atom. The van der Waals surface area contributed by atoms with Gasteiger partial charge >= 0.3 is 5.97 Å². The number of carboxylic acid groups (broad SMARTS) is 1. The number of hydrogen-bond donors (Lipinski definition) is 3. The van der Waals surface area contributed by atoms with Gasteiger partial charge in [-0.05, 0) is 0 Å². The smallest absolute Gasteiger partial charge is 0.307 e. The predicted octanol–water partition coefficient (Wildman–Crippen LogP) is 0.842. The van der Waals surface area contributed by atoms with Crippen LogP contribution in [0.3, 0.4) is 0 Å². The van der Waals surface area contributed by atoms with Crippen molar-refractivity contribution in [3.8, 4) is 0 Å². The third kappa shape index (κ3) is 3.27. The Hall–Kier alpha value is -1.50. The van der Waals surface area contributed by atoms with Gasteiger partial charge in [-0.15, -0.1) is 0 Å². The third-order valence-electron chi connectivity index (χ3n) is 2.13. The first-order valence-corrected chi connectivity index (χ1v) is 5.57. The maximum absolute atomic E-state index is 10.8. The zero-order valence-electron chi connectivity index (χ0n) is 9.04. The lowest BCUT2D eigenvalue weighted by molar-refractivity contribution is -0.140. The van der Waals surface area contributed by atoms with Crippen LogP contribution in [0.15, 0.2) is 11.2 Å². The molecule has 0 bridgehead atoms. The topological polar surface area (TPSA) is 115 Å². The fraction of sp³-hybridized carbons (Fsp3) is 0.444. The summed E-state index contributed by atoms with van der Waals surface area (Å²) in [5.74, 6) is -0.775. The molecule has 0 saturated carbocycles. The van der Waals surface area contributed by atoms with Gasteiger partial charge in [0.05, 0.1) is 5.92 Å². The summed E-state index contributed by atoms with van der Waals surface area (Å²) in [5, 5.41) is 9.08. The van der Waals surface area contributed by atoms with Crippen LogP contribution in [0.25, 0.3) is 0 Å². The molecule has 0 aliphatic heterocycles. The summed E-state index contributed by atoms with van der Waals surface area (Å²) in [4.78, 5) is 18.7. The molecule has 0 saturated heterocycles. The standard InChI is InChI=1S/C9H14N4O2S/c1-4(8(14)15)5(2)16-9-12-6(10)3-7(11)13-9/h3-5H,1-2H3,(H,14,15)(H4,10,11,12,13).